The van der Waals surface area contributed by atoms with Gasteiger partial charge in [0.2, 0.25) is 11.8 Å². The summed E-state index contributed by atoms with van der Waals surface area (Å²) in [6, 6.07) is 16.6. The van der Waals surface area contributed by atoms with Gasteiger partial charge < -0.3 is 9.80 Å². The molecule has 4 rings (SSSR count). The lowest BCUT2D eigenvalue weighted by Gasteiger charge is -2.36. The third kappa shape index (κ3) is 4.35. The molecule has 0 N–H and O–H groups in total. The molecule has 2 aliphatic heterocycles. The van der Waals surface area contributed by atoms with Crippen LogP contribution in [0.3, 0.4) is 0 Å². The SMILES string of the molecule is Cc1ccc(C)c(N2CC(C(=O)N3CCN(Cc4ccccc4)CC3)CC2=O)c1. The summed E-state index contributed by atoms with van der Waals surface area (Å²) in [4.78, 5) is 31.8. The fourth-order valence-corrected chi connectivity index (χ4v) is 4.34. The maximum atomic E-state index is 13.1. The highest BCUT2D eigenvalue weighted by atomic mass is 16.2. The Morgan fingerprint density at radius 2 is 1.72 bits per heavy atom. The molecule has 0 aromatic heterocycles. The average Bonchev–Trinajstić information content (AvgIpc) is 3.12. The molecule has 1 atom stereocenters. The summed E-state index contributed by atoms with van der Waals surface area (Å²) < 4.78 is 0. The van der Waals surface area contributed by atoms with Crippen molar-refractivity contribution in [2.24, 2.45) is 5.92 Å². The molecule has 1 unspecified atom stereocenters. The van der Waals surface area contributed by atoms with E-state index in [0.717, 1.165) is 49.5 Å². The van der Waals surface area contributed by atoms with Gasteiger partial charge in [-0.1, -0.05) is 42.5 Å². The van der Waals surface area contributed by atoms with E-state index in [9.17, 15) is 9.59 Å². The molecule has 2 aliphatic rings. The van der Waals surface area contributed by atoms with Crippen molar-refractivity contribution in [2.45, 2.75) is 26.8 Å². The normalized spacial score (nSPS) is 20.3. The largest absolute Gasteiger partial charge is 0.340 e. The first kappa shape index (κ1) is 19.6. The van der Waals surface area contributed by atoms with Gasteiger partial charge in [0.1, 0.15) is 0 Å². The van der Waals surface area contributed by atoms with Gasteiger partial charge in [0, 0.05) is 51.4 Å². The highest BCUT2D eigenvalue weighted by Crippen LogP contribution is 2.30. The fourth-order valence-electron chi connectivity index (χ4n) is 4.34. The van der Waals surface area contributed by atoms with Crippen molar-refractivity contribution in [3.8, 4) is 0 Å². The van der Waals surface area contributed by atoms with Crippen LogP contribution in [0.25, 0.3) is 0 Å². The van der Waals surface area contributed by atoms with E-state index in [-0.39, 0.29) is 17.7 Å². The molecule has 0 radical (unpaired) electrons. The summed E-state index contributed by atoms with van der Waals surface area (Å²) >= 11 is 0. The Morgan fingerprint density at radius 1 is 1.00 bits per heavy atom. The average molecular weight is 392 g/mol. The number of piperazine rings is 1. The summed E-state index contributed by atoms with van der Waals surface area (Å²) in [6.07, 6.45) is 0.316. The third-order valence-electron chi connectivity index (χ3n) is 6.06. The fraction of sp³-hybridized carbons (Fsp3) is 0.417. The van der Waals surface area contributed by atoms with E-state index < -0.39 is 0 Å². The quantitative estimate of drug-likeness (QED) is 0.805. The van der Waals surface area contributed by atoms with Crippen molar-refractivity contribution in [1.82, 2.24) is 9.80 Å². The number of nitrogens with zero attached hydrogens (tertiary/aromatic N) is 3. The van der Waals surface area contributed by atoms with Gasteiger partial charge in [0.25, 0.3) is 0 Å². The molecular formula is C24H29N3O2. The molecule has 0 spiro atoms. The Balaban J connectivity index is 1.35. The molecule has 0 saturated carbocycles. The van der Waals surface area contributed by atoms with E-state index in [4.69, 9.17) is 0 Å². The van der Waals surface area contributed by atoms with Crippen LogP contribution in [0, 0.1) is 19.8 Å². The van der Waals surface area contributed by atoms with Gasteiger partial charge in [-0.15, -0.1) is 0 Å². The van der Waals surface area contributed by atoms with Crippen molar-refractivity contribution in [3.05, 3.63) is 65.2 Å². The Kier molecular flexibility index (Phi) is 5.67. The van der Waals surface area contributed by atoms with E-state index in [1.807, 2.05) is 36.9 Å². The Morgan fingerprint density at radius 3 is 2.45 bits per heavy atom. The van der Waals surface area contributed by atoms with Gasteiger partial charge in [-0.2, -0.15) is 0 Å². The van der Waals surface area contributed by atoms with E-state index in [1.165, 1.54) is 5.56 Å². The first-order valence-electron chi connectivity index (χ1n) is 10.4. The number of hydrogen-bond donors (Lipinski definition) is 0. The number of anilines is 1. The number of benzene rings is 2. The van der Waals surface area contributed by atoms with Crippen LogP contribution in [0.5, 0.6) is 0 Å². The molecule has 0 aliphatic carbocycles. The lowest BCUT2D eigenvalue weighted by atomic mass is 10.1. The van der Waals surface area contributed by atoms with Crippen molar-refractivity contribution in [3.63, 3.8) is 0 Å². The van der Waals surface area contributed by atoms with Gasteiger partial charge in [0.05, 0.1) is 5.92 Å². The zero-order valence-electron chi connectivity index (χ0n) is 17.3. The second kappa shape index (κ2) is 8.37. The summed E-state index contributed by atoms with van der Waals surface area (Å²) in [5, 5.41) is 0. The second-order valence-electron chi connectivity index (χ2n) is 8.28. The van der Waals surface area contributed by atoms with Crippen LogP contribution in [0.15, 0.2) is 48.5 Å². The number of aryl methyl sites for hydroxylation is 2. The van der Waals surface area contributed by atoms with Gasteiger partial charge in [-0.25, -0.2) is 0 Å². The lowest BCUT2D eigenvalue weighted by molar-refractivity contribution is -0.137. The number of carbonyl (C=O) groups excluding carboxylic acids is 2. The minimum atomic E-state index is -0.233. The molecule has 2 heterocycles. The van der Waals surface area contributed by atoms with E-state index in [2.05, 4.69) is 35.2 Å². The summed E-state index contributed by atoms with van der Waals surface area (Å²) in [5.74, 6) is -0.0478. The highest BCUT2D eigenvalue weighted by Gasteiger charge is 2.38. The van der Waals surface area contributed by atoms with Crippen LogP contribution >= 0.6 is 0 Å². The molecule has 2 aromatic carbocycles. The molecule has 0 bridgehead atoms. The first-order chi connectivity index (χ1) is 14.0. The van der Waals surface area contributed by atoms with E-state index in [1.54, 1.807) is 4.90 Å². The molecular weight excluding hydrogens is 362 g/mol. The predicted octanol–water partition coefficient (Wildman–Crippen LogP) is 3.00. The van der Waals surface area contributed by atoms with Gasteiger partial charge >= 0.3 is 0 Å². The van der Waals surface area contributed by atoms with Gasteiger partial charge in [-0.3, -0.25) is 14.5 Å². The third-order valence-corrected chi connectivity index (χ3v) is 6.06. The molecule has 2 amide bonds. The molecule has 2 fully saturated rings. The first-order valence-corrected chi connectivity index (χ1v) is 10.4. The molecule has 29 heavy (non-hydrogen) atoms. The van der Waals surface area contributed by atoms with E-state index in [0.29, 0.717) is 13.0 Å². The lowest BCUT2D eigenvalue weighted by Crippen LogP contribution is -2.50. The van der Waals surface area contributed by atoms with Gasteiger partial charge in [-0.05, 0) is 36.6 Å². The smallest absolute Gasteiger partial charge is 0.228 e. The maximum absolute atomic E-state index is 13.1. The van der Waals surface area contributed by atoms with Crippen LogP contribution in [-0.2, 0) is 16.1 Å². The van der Waals surface area contributed by atoms with Crippen molar-refractivity contribution in [1.29, 1.82) is 0 Å². The van der Waals surface area contributed by atoms with Gasteiger partial charge in [0.15, 0.2) is 0 Å². The standard InChI is InChI=1S/C24H29N3O2/c1-18-8-9-19(2)22(14-18)27-17-21(15-23(27)28)24(29)26-12-10-25(11-13-26)16-20-6-4-3-5-7-20/h3-9,14,21H,10-13,15-17H2,1-2H3. The minimum Gasteiger partial charge on any atom is -0.340 e. The second-order valence-corrected chi connectivity index (χ2v) is 8.28. The highest BCUT2D eigenvalue weighted by molar-refractivity contribution is 6.00. The van der Waals surface area contributed by atoms with Crippen LogP contribution < -0.4 is 4.90 Å². The van der Waals surface area contributed by atoms with Crippen LogP contribution in [0.2, 0.25) is 0 Å². The zero-order chi connectivity index (χ0) is 20.4. The molecule has 5 heteroatoms. The van der Waals surface area contributed by atoms with Crippen LogP contribution in [0.1, 0.15) is 23.1 Å². The minimum absolute atomic E-state index is 0.0553. The maximum Gasteiger partial charge on any atom is 0.228 e. The molecule has 2 aromatic rings. The molecule has 5 nitrogen and oxygen atoms in total. The summed E-state index contributed by atoms with van der Waals surface area (Å²) in [6.45, 7) is 8.69. The van der Waals surface area contributed by atoms with Crippen LogP contribution in [-0.4, -0.2) is 54.3 Å². The number of carbonyl (C=O) groups is 2. The number of amides is 2. The summed E-state index contributed by atoms with van der Waals surface area (Å²) in [7, 11) is 0. The summed E-state index contributed by atoms with van der Waals surface area (Å²) in [5.41, 5.74) is 4.45. The van der Waals surface area contributed by atoms with Crippen molar-refractivity contribution < 1.29 is 9.59 Å². The molecule has 152 valence electrons. The predicted molar refractivity (Wildman–Crippen MR) is 115 cm³/mol. The van der Waals surface area contributed by atoms with E-state index >= 15 is 0 Å². The Bertz CT molecular complexity index is 888. The Hall–Kier alpha value is -2.66. The zero-order valence-corrected chi connectivity index (χ0v) is 17.3. The van der Waals surface area contributed by atoms with Crippen molar-refractivity contribution >= 4 is 17.5 Å². The van der Waals surface area contributed by atoms with Crippen LogP contribution in [0.4, 0.5) is 5.69 Å². The molecule has 2 saturated heterocycles. The monoisotopic (exact) mass is 391 g/mol. The topological polar surface area (TPSA) is 43.9 Å². The number of hydrogen-bond acceptors (Lipinski definition) is 3. The number of rotatable bonds is 4. The van der Waals surface area contributed by atoms with Crippen molar-refractivity contribution in [2.75, 3.05) is 37.6 Å². The Labute approximate surface area is 172 Å².